The van der Waals surface area contributed by atoms with Crippen molar-refractivity contribution in [1.82, 2.24) is 0 Å². The Hall–Kier alpha value is 0.0100. The fourth-order valence-corrected chi connectivity index (χ4v) is 3.62. The number of hydrogen-bond donors (Lipinski definition) is 0. The molecule has 45 heavy (non-hydrogen) atoms. The monoisotopic (exact) mass is 1170 g/mol. The Balaban J connectivity index is -0.000000274. The first-order valence-electron chi connectivity index (χ1n) is 15.6. The standard InChI is InChI=1S/2C16H16.4C2H6.I3.I2/c2*1-13(15-9-5-3-6-10-15)14(2)16-11-7-4-8-12-16;4*1-2;1-3-2;1-2/h2*3-12H,1-2H3;4*1-2H3;;/q;;;;;;-1;. The van der Waals surface area contributed by atoms with Gasteiger partial charge in [0.2, 0.25) is 0 Å². The van der Waals surface area contributed by atoms with Gasteiger partial charge in [0.05, 0.1) is 0 Å². The van der Waals surface area contributed by atoms with Crippen molar-refractivity contribution in [2.75, 3.05) is 0 Å². The predicted octanol–water partition coefficient (Wildman–Crippen LogP) is 13.9. The number of rotatable bonds is 4. The number of hydrogen-bond acceptors (Lipinski definition) is 0. The SMILES string of the molecule is CC.CC.CC.CC.CC(=C(C)c1ccccc1)c1ccccc1.CC(=C(C)c1ccccc1)c1ccccc1.II.I[I-]I. The zero-order valence-corrected chi connectivity index (χ0v) is 40.2. The van der Waals surface area contributed by atoms with Crippen molar-refractivity contribution in [3.63, 3.8) is 0 Å². The minimum absolute atomic E-state index is 0.530. The summed E-state index contributed by atoms with van der Waals surface area (Å²) in [6.07, 6.45) is 0. The summed E-state index contributed by atoms with van der Waals surface area (Å²) in [5.74, 6) is 0. The molecule has 0 radical (unpaired) electrons. The molecule has 5 heteroatoms. The summed E-state index contributed by atoms with van der Waals surface area (Å²) >= 11 is 9.54. The molecule has 0 bridgehead atoms. The predicted molar refractivity (Wildman–Crippen MR) is 244 cm³/mol. The van der Waals surface area contributed by atoms with Crippen LogP contribution < -0.4 is 13.3 Å². The van der Waals surface area contributed by atoms with Crippen molar-refractivity contribution in [1.29, 1.82) is 0 Å². The van der Waals surface area contributed by atoms with Gasteiger partial charge in [-0.25, -0.2) is 0 Å². The number of allylic oxidation sites excluding steroid dienone is 4. The molecule has 252 valence electrons. The molecule has 0 unspecified atom stereocenters. The molecule has 0 aromatic heterocycles. The van der Waals surface area contributed by atoms with Crippen LogP contribution in [0.5, 0.6) is 0 Å². The third-order valence-corrected chi connectivity index (χ3v) is 5.95. The molecule has 0 aliphatic heterocycles. The average molecular weight is 1170 g/mol. The maximum atomic E-state index is 2.39. The van der Waals surface area contributed by atoms with Crippen molar-refractivity contribution in [3.05, 3.63) is 144 Å². The van der Waals surface area contributed by atoms with Gasteiger partial charge in [0, 0.05) is 37.2 Å². The fraction of sp³-hybridized carbons (Fsp3) is 0.300. The molecule has 4 aromatic carbocycles. The van der Waals surface area contributed by atoms with Crippen molar-refractivity contribution in [2.24, 2.45) is 0 Å². The molecular weight excluding hydrogens is 1110 g/mol. The molecule has 4 rings (SSSR count). The zero-order chi connectivity index (χ0) is 35.5. The van der Waals surface area contributed by atoms with Gasteiger partial charge in [-0.15, -0.1) is 0 Å². The summed E-state index contributed by atoms with van der Waals surface area (Å²) < 4.78 is 0. The zero-order valence-electron chi connectivity index (χ0n) is 29.4. The Kier molecular flexibility index (Phi) is 46.3. The van der Waals surface area contributed by atoms with E-state index in [0.29, 0.717) is 13.3 Å². The summed E-state index contributed by atoms with van der Waals surface area (Å²) in [5, 5.41) is 0. The van der Waals surface area contributed by atoms with Crippen molar-refractivity contribution in [2.45, 2.75) is 83.1 Å². The van der Waals surface area contributed by atoms with E-state index in [4.69, 9.17) is 0 Å². The van der Waals surface area contributed by atoms with Crippen LogP contribution in [0.1, 0.15) is 105 Å². The van der Waals surface area contributed by atoms with E-state index in [2.05, 4.69) is 223 Å². The number of halogens is 5. The van der Waals surface area contributed by atoms with Crippen molar-refractivity contribution in [3.8, 4) is 0 Å². The van der Waals surface area contributed by atoms with Gasteiger partial charge in [-0.1, -0.05) is 177 Å². The molecule has 0 amide bonds. The van der Waals surface area contributed by atoms with Gasteiger partial charge in [0.25, 0.3) is 0 Å². The molecular formula is C40H56I5-. The molecule has 0 fully saturated rings. The van der Waals surface area contributed by atoms with Crippen molar-refractivity contribution < 1.29 is 13.3 Å². The average Bonchev–Trinajstić information content (AvgIpc) is 3.16. The second-order valence-corrected chi connectivity index (χ2v) is 24.3. The van der Waals surface area contributed by atoms with Gasteiger partial charge in [-0.2, -0.15) is 0 Å². The van der Waals surface area contributed by atoms with Crippen LogP contribution in [0.2, 0.25) is 0 Å². The summed E-state index contributed by atoms with van der Waals surface area (Å²) in [6, 6.07) is 42.1. The second-order valence-electron chi connectivity index (χ2n) is 8.02. The van der Waals surface area contributed by atoms with Crippen LogP contribution in [0.15, 0.2) is 121 Å². The maximum absolute atomic E-state index is 2.39. The van der Waals surface area contributed by atoms with E-state index in [1.807, 2.05) is 55.4 Å². The van der Waals surface area contributed by atoms with Gasteiger partial charge in [-0.05, 0) is 72.2 Å². The first kappa shape index (κ1) is 51.8. The molecule has 0 heterocycles. The van der Waals surface area contributed by atoms with Crippen LogP contribution in [0.25, 0.3) is 22.3 Å². The van der Waals surface area contributed by atoms with Crippen LogP contribution in [-0.4, -0.2) is 0 Å². The van der Waals surface area contributed by atoms with E-state index >= 15 is 0 Å². The summed E-state index contributed by atoms with van der Waals surface area (Å²) in [4.78, 5) is 0. The Labute approximate surface area is 332 Å². The molecule has 0 N–H and O–H groups in total. The van der Waals surface area contributed by atoms with Crippen LogP contribution in [0.3, 0.4) is 0 Å². The Bertz CT molecular complexity index is 997. The fourth-order valence-electron chi connectivity index (χ4n) is 3.62. The van der Waals surface area contributed by atoms with Crippen LogP contribution in [0.4, 0.5) is 0 Å². The van der Waals surface area contributed by atoms with Gasteiger partial charge < -0.3 is 0 Å². The Morgan fingerprint density at radius 1 is 0.333 bits per heavy atom. The normalized spacial score (nSPS) is 9.78. The van der Waals surface area contributed by atoms with E-state index < -0.39 is 0 Å². The Morgan fingerprint density at radius 3 is 0.556 bits per heavy atom. The molecule has 0 saturated heterocycles. The van der Waals surface area contributed by atoms with Gasteiger partial charge in [0.15, 0.2) is 0 Å². The van der Waals surface area contributed by atoms with E-state index in [1.54, 1.807) is 0 Å². The van der Waals surface area contributed by atoms with Gasteiger partial charge >= 0.3 is 50.5 Å². The van der Waals surface area contributed by atoms with Crippen LogP contribution in [-0.2, 0) is 0 Å². The second kappa shape index (κ2) is 40.2. The first-order valence-corrected chi connectivity index (χ1v) is 34.4. The molecule has 0 nitrogen and oxygen atoms in total. The third-order valence-electron chi connectivity index (χ3n) is 5.95. The quantitative estimate of drug-likeness (QED) is 0.141. The van der Waals surface area contributed by atoms with E-state index in [-0.39, 0.29) is 0 Å². The van der Waals surface area contributed by atoms with Gasteiger partial charge in [0.1, 0.15) is 0 Å². The molecule has 4 aromatic rings. The molecule has 0 aliphatic rings. The molecule has 0 aliphatic carbocycles. The first-order chi connectivity index (χ1) is 22.0. The van der Waals surface area contributed by atoms with Crippen LogP contribution >= 0.6 is 74.5 Å². The van der Waals surface area contributed by atoms with E-state index in [9.17, 15) is 0 Å². The Morgan fingerprint density at radius 2 is 0.444 bits per heavy atom. The summed E-state index contributed by atoms with van der Waals surface area (Å²) in [5.41, 5.74) is 10.5. The summed E-state index contributed by atoms with van der Waals surface area (Å²) in [7, 11) is 0. The topological polar surface area (TPSA) is 0 Å². The summed E-state index contributed by atoms with van der Waals surface area (Å²) in [6.45, 7) is 24.7. The third kappa shape index (κ3) is 24.8. The molecule has 0 saturated carbocycles. The van der Waals surface area contributed by atoms with E-state index in [0.717, 1.165) is 0 Å². The van der Waals surface area contributed by atoms with Crippen LogP contribution in [0, 0.1) is 0 Å². The van der Waals surface area contributed by atoms with Gasteiger partial charge in [-0.3, -0.25) is 0 Å². The van der Waals surface area contributed by atoms with Crippen molar-refractivity contribution >= 4 is 96.8 Å². The number of benzene rings is 4. The minimum atomic E-state index is 0.530. The van der Waals surface area contributed by atoms with E-state index in [1.165, 1.54) is 44.5 Å². The molecule has 0 spiro atoms. The molecule has 0 atom stereocenters.